The monoisotopic (exact) mass is 447 g/mol. The predicted molar refractivity (Wildman–Crippen MR) is 114 cm³/mol. The van der Waals surface area contributed by atoms with E-state index >= 15 is 0 Å². The number of urea groups is 1. The molecule has 0 fully saturated rings. The Kier molecular flexibility index (Phi) is 15.6. The van der Waals surface area contributed by atoms with E-state index in [2.05, 4.69) is 16.0 Å². The van der Waals surface area contributed by atoms with E-state index in [0.29, 0.717) is 25.8 Å². The summed E-state index contributed by atoms with van der Waals surface area (Å²) in [5, 5.41) is 33.9. The van der Waals surface area contributed by atoms with Gasteiger partial charge < -0.3 is 31.3 Å². The third-order valence-electron chi connectivity index (χ3n) is 4.56. The maximum Gasteiger partial charge on any atom is 0.326 e. The van der Waals surface area contributed by atoms with E-state index in [1.54, 1.807) is 0 Å². The number of carboxylic acids is 3. The van der Waals surface area contributed by atoms with E-state index in [0.717, 1.165) is 0 Å². The summed E-state index contributed by atoms with van der Waals surface area (Å²) in [6.45, 7) is 9.93. The molecule has 0 aliphatic carbocycles. The highest BCUT2D eigenvalue weighted by Crippen LogP contribution is 2.19. The minimum atomic E-state index is -1.45. The minimum Gasteiger partial charge on any atom is -0.481 e. The smallest absolute Gasteiger partial charge is 0.326 e. The van der Waals surface area contributed by atoms with Crippen molar-refractivity contribution in [2.24, 2.45) is 5.41 Å². The van der Waals surface area contributed by atoms with Gasteiger partial charge in [-0.25, -0.2) is 14.4 Å². The van der Waals surface area contributed by atoms with Crippen molar-refractivity contribution in [2.45, 2.75) is 85.2 Å². The summed E-state index contributed by atoms with van der Waals surface area (Å²) >= 11 is 0. The van der Waals surface area contributed by atoms with Crippen LogP contribution in [-0.4, -0.2) is 63.8 Å². The number of carboxylic acid groups (broad SMARTS) is 3. The van der Waals surface area contributed by atoms with Crippen LogP contribution in [-0.2, 0) is 19.2 Å². The quantitative estimate of drug-likeness (QED) is 0.218. The first-order valence-corrected chi connectivity index (χ1v) is 10.4. The van der Waals surface area contributed by atoms with Gasteiger partial charge in [-0.3, -0.25) is 9.59 Å². The van der Waals surface area contributed by atoms with E-state index in [9.17, 15) is 29.1 Å². The van der Waals surface area contributed by atoms with Crippen LogP contribution in [0.15, 0.2) is 0 Å². The van der Waals surface area contributed by atoms with Crippen LogP contribution in [0.3, 0.4) is 0 Å². The highest BCUT2D eigenvalue weighted by molar-refractivity contribution is 5.86. The van der Waals surface area contributed by atoms with Gasteiger partial charge in [0.25, 0.3) is 0 Å². The van der Waals surface area contributed by atoms with Crippen molar-refractivity contribution in [3.63, 3.8) is 0 Å². The van der Waals surface area contributed by atoms with Gasteiger partial charge >= 0.3 is 23.9 Å². The number of amides is 3. The first-order valence-electron chi connectivity index (χ1n) is 10.4. The van der Waals surface area contributed by atoms with Crippen molar-refractivity contribution >= 4 is 29.8 Å². The Bertz CT molecular complexity index is 607. The zero-order valence-electron chi connectivity index (χ0n) is 19.0. The molecule has 0 heterocycles. The molecule has 3 amide bonds. The fourth-order valence-electron chi connectivity index (χ4n) is 2.22. The van der Waals surface area contributed by atoms with Crippen molar-refractivity contribution in [2.75, 3.05) is 6.54 Å². The molecule has 0 saturated heterocycles. The van der Waals surface area contributed by atoms with Crippen molar-refractivity contribution in [1.82, 2.24) is 16.0 Å². The highest BCUT2D eigenvalue weighted by atomic mass is 16.4. The van der Waals surface area contributed by atoms with Crippen LogP contribution in [0.25, 0.3) is 0 Å². The Morgan fingerprint density at radius 2 is 1.32 bits per heavy atom. The molecular formula is C20H37N3O8. The fourth-order valence-corrected chi connectivity index (χ4v) is 2.22. The van der Waals surface area contributed by atoms with Crippen LogP contribution in [0, 0.1) is 5.41 Å². The molecule has 31 heavy (non-hydrogen) atoms. The number of carbonyl (C=O) groups is 5. The molecule has 0 aromatic heterocycles. The summed E-state index contributed by atoms with van der Waals surface area (Å²) in [5.74, 6) is -4.00. The molecule has 2 atom stereocenters. The number of nitrogens with one attached hydrogen (secondary N) is 3. The molecule has 0 aromatic rings. The van der Waals surface area contributed by atoms with Crippen molar-refractivity contribution in [3.05, 3.63) is 0 Å². The summed E-state index contributed by atoms with van der Waals surface area (Å²) in [5.41, 5.74) is -0.482. The first kappa shape index (κ1) is 30.3. The minimum absolute atomic E-state index is 0.0860. The molecule has 0 aromatic carbocycles. The molecule has 0 rings (SSSR count). The zero-order chi connectivity index (χ0) is 24.6. The molecule has 0 aliphatic heterocycles. The van der Waals surface area contributed by atoms with E-state index in [4.69, 9.17) is 10.2 Å². The zero-order valence-corrected chi connectivity index (χ0v) is 19.0. The number of unbranched alkanes of at least 4 members (excludes halogenated alkanes) is 1. The van der Waals surface area contributed by atoms with Gasteiger partial charge in [0.2, 0.25) is 5.91 Å². The molecular weight excluding hydrogens is 410 g/mol. The molecule has 0 bridgehead atoms. The highest BCUT2D eigenvalue weighted by Gasteiger charge is 2.26. The first-order chi connectivity index (χ1) is 14.4. The summed E-state index contributed by atoms with van der Waals surface area (Å²) < 4.78 is 0. The molecule has 0 spiro atoms. The average molecular weight is 448 g/mol. The van der Waals surface area contributed by atoms with Crippen LogP contribution in [0.5, 0.6) is 0 Å². The standard InChI is InChI=1S/C18H31N3O8.C2H6/c1-4-18(2,3)16(28)19-10-6-5-7-11(14(24)25)20-17(29)21-12(15(26)27)8-9-13(22)23;1-2/h11-12H,4-10H2,1-3H3,(H,19,28)(H,22,23)(H,24,25)(H,26,27)(H2,20,21,29);1-2H3. The van der Waals surface area contributed by atoms with Gasteiger partial charge in [-0.15, -0.1) is 0 Å². The van der Waals surface area contributed by atoms with Crippen molar-refractivity contribution in [1.29, 1.82) is 0 Å². The van der Waals surface area contributed by atoms with Crippen molar-refractivity contribution < 1.29 is 39.3 Å². The van der Waals surface area contributed by atoms with Gasteiger partial charge in [0.1, 0.15) is 12.1 Å². The third kappa shape index (κ3) is 13.9. The van der Waals surface area contributed by atoms with Gasteiger partial charge in [0.15, 0.2) is 0 Å². The lowest BCUT2D eigenvalue weighted by molar-refractivity contribution is -0.140. The molecule has 2 unspecified atom stereocenters. The van der Waals surface area contributed by atoms with Crippen LogP contribution in [0.1, 0.15) is 73.1 Å². The second-order valence-electron chi connectivity index (χ2n) is 7.32. The largest absolute Gasteiger partial charge is 0.481 e. The summed E-state index contributed by atoms with van der Waals surface area (Å²) in [4.78, 5) is 56.7. The SMILES string of the molecule is CC.CCC(C)(C)C(=O)NCCCCC(NC(=O)NC(CCC(=O)O)C(=O)O)C(=O)O. The van der Waals surface area contributed by atoms with Gasteiger partial charge in [0, 0.05) is 18.4 Å². The molecule has 11 nitrogen and oxygen atoms in total. The predicted octanol–water partition coefficient (Wildman–Crippen LogP) is 1.81. The summed E-state index contributed by atoms with van der Waals surface area (Å²) in [7, 11) is 0. The summed E-state index contributed by atoms with van der Waals surface area (Å²) in [6, 6.07) is -3.70. The maximum absolute atomic E-state index is 11.9. The van der Waals surface area contributed by atoms with E-state index < -0.39 is 47.9 Å². The number of hydrogen-bond acceptors (Lipinski definition) is 5. The molecule has 11 heteroatoms. The average Bonchev–Trinajstić information content (AvgIpc) is 2.70. The summed E-state index contributed by atoms with van der Waals surface area (Å²) in [6.07, 6.45) is 0.898. The van der Waals surface area contributed by atoms with Crippen LogP contribution >= 0.6 is 0 Å². The molecule has 6 N–H and O–H groups in total. The van der Waals surface area contributed by atoms with E-state index in [1.807, 2.05) is 34.6 Å². The number of hydrogen-bond donors (Lipinski definition) is 6. The molecule has 0 aliphatic rings. The lowest BCUT2D eigenvalue weighted by Gasteiger charge is -2.21. The Morgan fingerprint density at radius 3 is 1.74 bits per heavy atom. The Hall–Kier alpha value is -2.85. The van der Waals surface area contributed by atoms with E-state index in [-0.39, 0.29) is 18.7 Å². The fraction of sp³-hybridized carbons (Fsp3) is 0.750. The van der Waals surface area contributed by atoms with E-state index in [1.165, 1.54) is 0 Å². The number of aliphatic carboxylic acids is 3. The van der Waals surface area contributed by atoms with Crippen molar-refractivity contribution in [3.8, 4) is 0 Å². The van der Waals surface area contributed by atoms with Crippen LogP contribution in [0.2, 0.25) is 0 Å². The molecule has 0 saturated carbocycles. The maximum atomic E-state index is 11.9. The lowest BCUT2D eigenvalue weighted by Crippen LogP contribution is -2.51. The van der Waals surface area contributed by atoms with Gasteiger partial charge in [0.05, 0.1) is 0 Å². The van der Waals surface area contributed by atoms with Crippen LogP contribution in [0.4, 0.5) is 4.79 Å². The molecule has 0 radical (unpaired) electrons. The second kappa shape index (κ2) is 15.9. The second-order valence-corrected chi connectivity index (χ2v) is 7.32. The Labute approximate surface area is 183 Å². The van der Waals surface area contributed by atoms with Gasteiger partial charge in [-0.1, -0.05) is 34.6 Å². The normalized spacial score (nSPS) is 12.4. The molecule has 180 valence electrons. The Morgan fingerprint density at radius 1 is 0.839 bits per heavy atom. The van der Waals surface area contributed by atoms with Gasteiger partial charge in [-0.05, 0) is 32.1 Å². The number of rotatable bonds is 14. The van der Waals surface area contributed by atoms with Crippen LogP contribution < -0.4 is 16.0 Å². The number of carbonyl (C=O) groups excluding carboxylic acids is 2. The lowest BCUT2D eigenvalue weighted by atomic mass is 9.89. The van der Waals surface area contributed by atoms with Gasteiger partial charge in [-0.2, -0.15) is 0 Å². The Balaban J connectivity index is 0. The third-order valence-corrected chi connectivity index (χ3v) is 4.56. The topological polar surface area (TPSA) is 182 Å².